The molecule has 0 aliphatic rings. The minimum atomic E-state index is 0.857. The van der Waals surface area contributed by atoms with Crippen LogP contribution in [0.2, 0.25) is 0 Å². The summed E-state index contributed by atoms with van der Waals surface area (Å²) in [5, 5.41) is 7.69. The molecule has 0 aliphatic heterocycles. The van der Waals surface area contributed by atoms with Crippen molar-refractivity contribution >= 4 is 59.2 Å². The van der Waals surface area contributed by atoms with Gasteiger partial charge in [-0.15, -0.1) is 0 Å². The molecule has 7 heteroatoms. The van der Waals surface area contributed by atoms with E-state index >= 15 is 0 Å². The van der Waals surface area contributed by atoms with Gasteiger partial charge in [0.1, 0.15) is 14.2 Å². The monoisotopic (exact) mass is 532 g/mol. The van der Waals surface area contributed by atoms with Crippen LogP contribution in [0.5, 0.6) is 0 Å². The molecule has 0 atom stereocenters. The highest BCUT2D eigenvalue weighted by atomic mass is 79.9. The Kier molecular flexibility index (Phi) is 10.0. The minimum Gasteiger partial charge on any atom is -0.399 e. The molecule has 0 saturated heterocycles. The molecule has 2 aromatic rings. The van der Waals surface area contributed by atoms with Gasteiger partial charge in [0.2, 0.25) is 0 Å². The van der Waals surface area contributed by atoms with Crippen molar-refractivity contribution in [3.8, 4) is 0 Å². The Morgan fingerprint density at radius 1 is 0.760 bits per heavy atom. The van der Waals surface area contributed by atoms with Crippen molar-refractivity contribution in [3.63, 3.8) is 0 Å². The summed E-state index contributed by atoms with van der Waals surface area (Å²) in [5.74, 6) is 0. The zero-order valence-corrected chi connectivity index (χ0v) is 19.1. The summed E-state index contributed by atoms with van der Waals surface area (Å²) in [5.41, 5.74) is 3.82. The van der Waals surface area contributed by atoms with Crippen LogP contribution >= 0.6 is 47.8 Å². The van der Waals surface area contributed by atoms with Crippen LogP contribution in [-0.4, -0.2) is 25.6 Å². The maximum absolute atomic E-state index is 4.69. The maximum atomic E-state index is 4.69. The summed E-state index contributed by atoms with van der Waals surface area (Å²) in [6.45, 7) is 3.81. The van der Waals surface area contributed by atoms with Gasteiger partial charge in [-0.1, -0.05) is 50.5 Å². The molecule has 0 aromatic heterocycles. The average Bonchev–Trinajstić information content (AvgIpc) is 2.58. The van der Waals surface area contributed by atoms with Crippen LogP contribution in [0, 0.1) is 0 Å². The molecule has 0 spiro atoms. The molecule has 0 aliphatic carbocycles. The van der Waals surface area contributed by atoms with E-state index in [2.05, 4.69) is 67.8 Å². The fourth-order valence-corrected chi connectivity index (χ4v) is 3.05. The van der Waals surface area contributed by atoms with Gasteiger partial charge in [0.05, 0.1) is 11.4 Å². The quantitative estimate of drug-likeness (QED) is 0.336. The van der Waals surface area contributed by atoms with Crippen LogP contribution in [0.25, 0.3) is 0 Å². The molecular formula is C18H19Br3N2O2. The van der Waals surface area contributed by atoms with Gasteiger partial charge < -0.3 is 9.68 Å². The first-order valence-electron chi connectivity index (χ1n) is 7.26. The summed E-state index contributed by atoms with van der Waals surface area (Å²) in [6.07, 6.45) is 0. The largest absolute Gasteiger partial charge is 0.399 e. The Balaban J connectivity index is 0.000000251. The van der Waals surface area contributed by atoms with E-state index in [1.54, 1.807) is 7.11 Å². The smallest absolute Gasteiger partial charge is 0.106 e. The predicted molar refractivity (Wildman–Crippen MR) is 114 cm³/mol. The molecule has 0 amide bonds. The van der Waals surface area contributed by atoms with Crippen molar-refractivity contribution in [3.05, 3.63) is 67.0 Å². The Labute approximate surface area is 173 Å². The van der Waals surface area contributed by atoms with Gasteiger partial charge in [-0.25, -0.2) is 0 Å². The number of rotatable bonds is 4. The van der Waals surface area contributed by atoms with Crippen molar-refractivity contribution in [1.29, 1.82) is 0 Å². The second-order valence-corrected chi connectivity index (χ2v) is 7.39. The molecule has 0 fully saturated rings. The first-order chi connectivity index (χ1) is 11.9. The van der Waals surface area contributed by atoms with E-state index in [0.717, 1.165) is 36.0 Å². The number of hydrogen-bond donors (Lipinski definition) is 0. The topological polar surface area (TPSA) is 43.2 Å². The lowest BCUT2D eigenvalue weighted by Crippen LogP contribution is -1.95. The lowest BCUT2D eigenvalue weighted by Gasteiger charge is -2.01. The number of benzene rings is 2. The minimum absolute atomic E-state index is 0.857. The summed E-state index contributed by atoms with van der Waals surface area (Å²) in [6, 6.07) is 13.8. The van der Waals surface area contributed by atoms with Crippen molar-refractivity contribution in [1.82, 2.24) is 0 Å². The molecular weight excluding hydrogens is 516 g/mol. The van der Waals surface area contributed by atoms with E-state index in [-0.39, 0.29) is 0 Å². The van der Waals surface area contributed by atoms with E-state index in [4.69, 9.17) is 0 Å². The highest BCUT2D eigenvalue weighted by Crippen LogP contribution is 2.24. The third-order valence-corrected chi connectivity index (χ3v) is 5.63. The van der Waals surface area contributed by atoms with Crippen molar-refractivity contribution in [2.24, 2.45) is 10.3 Å². The highest BCUT2D eigenvalue weighted by molar-refractivity contribution is 9.13. The Morgan fingerprint density at radius 2 is 1.36 bits per heavy atom. The van der Waals surface area contributed by atoms with Crippen LogP contribution in [0.1, 0.15) is 25.0 Å². The fourth-order valence-electron chi connectivity index (χ4n) is 1.85. The number of oxime groups is 2. The lowest BCUT2D eigenvalue weighted by atomic mass is 10.1. The van der Waals surface area contributed by atoms with Crippen LogP contribution in [0.3, 0.4) is 0 Å². The molecule has 0 radical (unpaired) electrons. The summed E-state index contributed by atoms with van der Waals surface area (Å²) in [4.78, 5) is 9.37. The summed E-state index contributed by atoms with van der Waals surface area (Å²) >= 11 is 10.3. The van der Waals surface area contributed by atoms with Crippen molar-refractivity contribution < 1.29 is 9.68 Å². The molecule has 0 bridgehead atoms. The molecule has 4 nitrogen and oxygen atoms in total. The van der Waals surface area contributed by atoms with E-state index in [1.165, 1.54) is 7.11 Å². The Morgan fingerprint density at radius 3 is 1.92 bits per heavy atom. The zero-order chi connectivity index (χ0) is 18.8. The number of nitrogens with zero attached hydrogens (tertiary/aromatic N) is 2. The molecule has 134 valence electrons. The van der Waals surface area contributed by atoms with Gasteiger partial charge in [-0.3, -0.25) is 0 Å². The first kappa shape index (κ1) is 21.9. The van der Waals surface area contributed by atoms with E-state index in [1.807, 2.05) is 56.3 Å². The molecule has 2 rings (SSSR count). The third-order valence-electron chi connectivity index (χ3n) is 3.06. The standard InChI is InChI=1S/C9H9Br2NO.C9H10BrNO/c1-6(12-13-2)7-3-4-8(10)9(11)5-7;1-7(11-12-2)8-5-3-4-6-9(8)10/h3-5H,1-2H3;3-6H,1-2H3. The Hall–Kier alpha value is -1.18. The summed E-state index contributed by atoms with van der Waals surface area (Å²) < 4.78 is 3.07. The number of hydrogen-bond acceptors (Lipinski definition) is 4. The average molecular weight is 535 g/mol. The van der Waals surface area contributed by atoms with Crippen molar-refractivity contribution in [2.75, 3.05) is 14.2 Å². The SMILES string of the molecule is CON=C(C)c1ccc(Br)c(Br)c1.CON=C(C)c1ccccc1Br. The predicted octanol–water partition coefficient (Wildman–Crippen LogP) is 6.40. The second kappa shape index (κ2) is 11.4. The van der Waals surface area contributed by atoms with E-state index in [9.17, 15) is 0 Å². The molecule has 2 aromatic carbocycles. The van der Waals surface area contributed by atoms with Gasteiger partial charge >= 0.3 is 0 Å². The molecule has 25 heavy (non-hydrogen) atoms. The summed E-state index contributed by atoms with van der Waals surface area (Å²) in [7, 11) is 3.08. The van der Waals surface area contributed by atoms with Gasteiger partial charge in [-0.2, -0.15) is 0 Å². The van der Waals surface area contributed by atoms with Gasteiger partial charge in [0.15, 0.2) is 0 Å². The molecule has 0 saturated carbocycles. The zero-order valence-electron chi connectivity index (χ0n) is 14.4. The maximum Gasteiger partial charge on any atom is 0.106 e. The van der Waals surface area contributed by atoms with Crippen LogP contribution in [0.15, 0.2) is 66.2 Å². The van der Waals surface area contributed by atoms with Gasteiger partial charge in [0.25, 0.3) is 0 Å². The fraction of sp³-hybridized carbons (Fsp3) is 0.222. The molecule has 0 heterocycles. The van der Waals surface area contributed by atoms with Gasteiger partial charge in [-0.05, 0) is 63.9 Å². The van der Waals surface area contributed by atoms with Crippen LogP contribution in [0.4, 0.5) is 0 Å². The van der Waals surface area contributed by atoms with Crippen LogP contribution < -0.4 is 0 Å². The lowest BCUT2D eigenvalue weighted by molar-refractivity contribution is 0.213. The van der Waals surface area contributed by atoms with E-state index in [0.29, 0.717) is 0 Å². The first-order valence-corrected chi connectivity index (χ1v) is 9.64. The Bertz CT molecular complexity index is 762. The highest BCUT2D eigenvalue weighted by Gasteiger charge is 2.02. The van der Waals surface area contributed by atoms with Crippen LogP contribution in [-0.2, 0) is 9.68 Å². The van der Waals surface area contributed by atoms with Crippen molar-refractivity contribution in [2.45, 2.75) is 13.8 Å². The molecule has 0 N–H and O–H groups in total. The normalized spacial score (nSPS) is 11.5. The van der Waals surface area contributed by atoms with E-state index < -0.39 is 0 Å². The van der Waals surface area contributed by atoms with Gasteiger partial charge in [0, 0.05) is 24.5 Å². The third kappa shape index (κ3) is 7.30. The second-order valence-electron chi connectivity index (χ2n) is 4.83. The molecule has 0 unspecified atom stereocenters. The number of halogens is 3.